The summed E-state index contributed by atoms with van der Waals surface area (Å²) in [6.45, 7) is 3.99. The first-order valence-electron chi connectivity index (χ1n) is 3.46. The van der Waals surface area contributed by atoms with Gasteiger partial charge in [0.2, 0.25) is 0 Å². The average molecular weight is 151 g/mol. The van der Waals surface area contributed by atoms with Crippen LogP contribution in [0.3, 0.4) is 0 Å². The van der Waals surface area contributed by atoms with E-state index in [2.05, 4.69) is 0 Å². The molecule has 1 unspecified atom stereocenters. The molecule has 0 spiro atoms. The fourth-order valence-electron chi connectivity index (χ4n) is 1.40. The van der Waals surface area contributed by atoms with Gasteiger partial charge >= 0.3 is 0 Å². The molecule has 1 aliphatic rings. The smallest absolute Gasteiger partial charge is 0.190 e. The van der Waals surface area contributed by atoms with Gasteiger partial charge < -0.3 is 0 Å². The van der Waals surface area contributed by atoms with Crippen LogP contribution in [0.5, 0.6) is 0 Å². The van der Waals surface area contributed by atoms with Crippen molar-refractivity contribution in [2.75, 3.05) is 0 Å². The molecule has 1 rings (SSSR count). The predicted molar refractivity (Wildman–Crippen MR) is 37.3 cm³/mol. The predicted octanol–water partition coefficient (Wildman–Crippen LogP) is 3.10. The lowest BCUT2D eigenvalue weighted by atomic mass is 10.0. The van der Waals surface area contributed by atoms with Crippen molar-refractivity contribution in [1.29, 1.82) is 0 Å². The largest absolute Gasteiger partial charge is 0.226 e. The van der Waals surface area contributed by atoms with Crippen molar-refractivity contribution < 1.29 is 4.39 Å². The molecule has 0 nitrogen and oxygen atoms in total. The summed E-state index contributed by atoms with van der Waals surface area (Å²) in [7, 11) is 0. The highest BCUT2D eigenvalue weighted by molar-refractivity contribution is 6.25. The molecule has 0 heterocycles. The van der Waals surface area contributed by atoms with E-state index in [0.717, 1.165) is 12.8 Å². The van der Waals surface area contributed by atoms with Crippen molar-refractivity contribution in [3.8, 4) is 0 Å². The minimum absolute atomic E-state index is 0.172. The zero-order valence-corrected chi connectivity index (χ0v) is 6.63. The zero-order chi connectivity index (χ0) is 7.12. The van der Waals surface area contributed by atoms with Crippen LogP contribution in [0.1, 0.15) is 33.1 Å². The molecular weight excluding hydrogens is 139 g/mol. The zero-order valence-electron chi connectivity index (χ0n) is 5.88. The van der Waals surface area contributed by atoms with Crippen LogP contribution in [0.4, 0.5) is 4.39 Å². The van der Waals surface area contributed by atoms with E-state index in [1.165, 1.54) is 0 Å². The summed E-state index contributed by atoms with van der Waals surface area (Å²) in [6, 6.07) is 0. The molecule has 0 radical (unpaired) electrons. The van der Waals surface area contributed by atoms with Crippen LogP contribution in [0.15, 0.2) is 0 Å². The topological polar surface area (TPSA) is 0 Å². The fourth-order valence-corrected chi connectivity index (χ4v) is 1.92. The van der Waals surface area contributed by atoms with Crippen molar-refractivity contribution in [2.24, 2.45) is 5.41 Å². The molecular formula is C7H12ClF. The fraction of sp³-hybridized carbons (Fsp3) is 1.00. The molecule has 0 aromatic carbocycles. The molecule has 2 heteroatoms. The van der Waals surface area contributed by atoms with E-state index in [-0.39, 0.29) is 5.41 Å². The van der Waals surface area contributed by atoms with Gasteiger partial charge in [0.25, 0.3) is 0 Å². The van der Waals surface area contributed by atoms with Gasteiger partial charge in [0.05, 0.1) is 0 Å². The molecule has 1 atom stereocenters. The Balaban J connectivity index is 2.57. The molecule has 0 bridgehead atoms. The Bertz CT molecular complexity index is 116. The highest BCUT2D eigenvalue weighted by Gasteiger charge is 2.65. The molecule has 1 saturated carbocycles. The first-order chi connectivity index (χ1) is 4.08. The quantitative estimate of drug-likeness (QED) is 0.531. The first kappa shape index (κ1) is 7.33. The second-order valence-electron chi connectivity index (χ2n) is 2.87. The van der Waals surface area contributed by atoms with Crippen LogP contribution >= 0.6 is 11.6 Å². The van der Waals surface area contributed by atoms with Crippen molar-refractivity contribution in [1.82, 2.24) is 0 Å². The summed E-state index contributed by atoms with van der Waals surface area (Å²) in [4.78, 5) is 0. The van der Waals surface area contributed by atoms with Gasteiger partial charge in [-0.1, -0.05) is 25.4 Å². The lowest BCUT2D eigenvalue weighted by molar-refractivity contribution is 0.302. The van der Waals surface area contributed by atoms with Gasteiger partial charge in [-0.2, -0.15) is 0 Å². The standard InChI is InChI=1S/C7H12ClF/c1-3-6(4-2)5-7(6,8)9/h3-5H2,1-2H3. The molecule has 1 aliphatic carbocycles. The number of halogens is 2. The van der Waals surface area contributed by atoms with Crippen LogP contribution in [0.25, 0.3) is 0 Å². The van der Waals surface area contributed by atoms with Gasteiger partial charge in [-0.05, 0) is 12.8 Å². The van der Waals surface area contributed by atoms with Crippen LogP contribution in [0.2, 0.25) is 0 Å². The Morgan fingerprint density at radius 1 is 1.44 bits per heavy atom. The SMILES string of the molecule is CCC1(CC)CC1(F)Cl. The minimum Gasteiger partial charge on any atom is -0.226 e. The van der Waals surface area contributed by atoms with E-state index in [1.54, 1.807) is 0 Å². The summed E-state index contributed by atoms with van der Waals surface area (Å²) in [5, 5.41) is -1.36. The van der Waals surface area contributed by atoms with Gasteiger partial charge in [0, 0.05) is 11.8 Å². The van der Waals surface area contributed by atoms with Crippen LogP contribution in [-0.2, 0) is 0 Å². The maximum Gasteiger partial charge on any atom is 0.190 e. The third kappa shape index (κ3) is 0.861. The molecule has 0 aliphatic heterocycles. The summed E-state index contributed by atoms with van der Waals surface area (Å²) in [6.07, 6.45) is 2.28. The average Bonchev–Trinajstić information content (AvgIpc) is 2.35. The lowest BCUT2D eigenvalue weighted by Crippen LogP contribution is -2.06. The Hall–Kier alpha value is 0.220. The van der Waals surface area contributed by atoms with Crippen molar-refractivity contribution in [2.45, 2.75) is 38.2 Å². The van der Waals surface area contributed by atoms with Crippen molar-refractivity contribution in [3.63, 3.8) is 0 Å². The van der Waals surface area contributed by atoms with E-state index in [0.29, 0.717) is 6.42 Å². The summed E-state index contributed by atoms with van der Waals surface area (Å²) in [5.74, 6) is 0. The number of hydrogen-bond donors (Lipinski definition) is 0. The van der Waals surface area contributed by atoms with Gasteiger partial charge in [-0.3, -0.25) is 0 Å². The van der Waals surface area contributed by atoms with Gasteiger partial charge in [0.1, 0.15) is 0 Å². The van der Waals surface area contributed by atoms with E-state index in [9.17, 15) is 4.39 Å². The van der Waals surface area contributed by atoms with Crippen LogP contribution in [0, 0.1) is 5.41 Å². The van der Waals surface area contributed by atoms with E-state index < -0.39 is 5.13 Å². The van der Waals surface area contributed by atoms with E-state index in [4.69, 9.17) is 11.6 Å². The molecule has 54 valence electrons. The monoisotopic (exact) mass is 150 g/mol. The maximum atomic E-state index is 12.9. The Morgan fingerprint density at radius 3 is 1.78 bits per heavy atom. The molecule has 0 aromatic rings. The second-order valence-corrected chi connectivity index (χ2v) is 3.47. The highest BCUT2D eigenvalue weighted by Crippen LogP contribution is 2.66. The Labute approximate surface area is 60.4 Å². The molecule has 9 heavy (non-hydrogen) atoms. The number of alkyl halides is 2. The van der Waals surface area contributed by atoms with Gasteiger partial charge in [0.15, 0.2) is 5.13 Å². The number of rotatable bonds is 2. The molecule has 0 N–H and O–H groups in total. The second kappa shape index (κ2) is 1.85. The van der Waals surface area contributed by atoms with Crippen molar-refractivity contribution in [3.05, 3.63) is 0 Å². The molecule has 0 aromatic heterocycles. The molecule has 0 amide bonds. The summed E-state index contributed by atoms with van der Waals surface area (Å²) < 4.78 is 12.9. The third-order valence-electron chi connectivity index (χ3n) is 2.56. The van der Waals surface area contributed by atoms with Gasteiger partial charge in [-0.15, -0.1) is 0 Å². The normalized spacial score (nSPS) is 38.7. The lowest BCUT2D eigenvalue weighted by Gasteiger charge is -2.09. The van der Waals surface area contributed by atoms with Crippen LogP contribution in [-0.4, -0.2) is 5.13 Å². The maximum absolute atomic E-state index is 12.9. The van der Waals surface area contributed by atoms with E-state index >= 15 is 0 Å². The minimum atomic E-state index is -1.36. The highest BCUT2D eigenvalue weighted by atomic mass is 35.5. The third-order valence-corrected chi connectivity index (χ3v) is 3.10. The van der Waals surface area contributed by atoms with E-state index in [1.807, 2.05) is 13.8 Å². The Morgan fingerprint density at radius 2 is 1.78 bits per heavy atom. The summed E-state index contributed by atoms with van der Waals surface area (Å²) in [5.41, 5.74) is -0.172. The number of hydrogen-bond acceptors (Lipinski definition) is 0. The summed E-state index contributed by atoms with van der Waals surface area (Å²) >= 11 is 5.50. The van der Waals surface area contributed by atoms with Gasteiger partial charge in [-0.25, -0.2) is 4.39 Å². The van der Waals surface area contributed by atoms with Crippen molar-refractivity contribution >= 4 is 11.6 Å². The van der Waals surface area contributed by atoms with Crippen LogP contribution < -0.4 is 0 Å². The first-order valence-corrected chi connectivity index (χ1v) is 3.83. The molecule has 0 saturated heterocycles. The molecule has 1 fully saturated rings. The Kier molecular flexibility index (Phi) is 1.51.